The molecule has 0 aliphatic heterocycles. The highest BCUT2D eigenvalue weighted by atomic mass is 16.5. The number of carbonyl (C=O) groups is 1. The number of hydrogen-bond acceptors (Lipinski definition) is 8. The molecule has 0 spiro atoms. The summed E-state index contributed by atoms with van der Waals surface area (Å²) in [5, 5.41) is 14.3. The number of hydrogen-bond donors (Lipinski definition) is 1. The molecule has 0 unspecified atom stereocenters. The van der Waals surface area contributed by atoms with Crippen molar-refractivity contribution in [3.05, 3.63) is 105 Å². The number of esters is 1. The van der Waals surface area contributed by atoms with Gasteiger partial charge in [0.1, 0.15) is 17.1 Å². The third-order valence-corrected chi connectivity index (χ3v) is 6.93. The summed E-state index contributed by atoms with van der Waals surface area (Å²) < 4.78 is 12.0. The van der Waals surface area contributed by atoms with Crippen molar-refractivity contribution in [2.24, 2.45) is 0 Å². The van der Waals surface area contributed by atoms with Gasteiger partial charge in [0.2, 0.25) is 0 Å². The Balaban J connectivity index is 1.48. The van der Waals surface area contributed by atoms with E-state index in [2.05, 4.69) is 27.5 Å². The number of benzene rings is 2. The Bertz CT molecular complexity index is 1670. The van der Waals surface area contributed by atoms with Gasteiger partial charge >= 0.3 is 5.97 Å². The van der Waals surface area contributed by atoms with Crippen LogP contribution in [0.15, 0.2) is 70.1 Å². The van der Waals surface area contributed by atoms with Gasteiger partial charge < -0.3 is 9.15 Å². The van der Waals surface area contributed by atoms with E-state index in [0.717, 1.165) is 40.8 Å². The third kappa shape index (κ3) is 5.47. The summed E-state index contributed by atoms with van der Waals surface area (Å²) in [5.41, 5.74) is 5.50. The van der Waals surface area contributed by atoms with Crippen molar-refractivity contribution in [2.75, 3.05) is 7.11 Å². The largest absolute Gasteiger partial charge is 0.467 e. The predicted molar refractivity (Wildman–Crippen MR) is 149 cm³/mol. The number of nitrogens with zero attached hydrogens (tertiary/aromatic N) is 5. The molecule has 2 aromatic carbocycles. The topological polar surface area (TPSA) is 129 Å². The Hall–Kier alpha value is -4.86. The fourth-order valence-electron chi connectivity index (χ4n) is 4.79. The van der Waals surface area contributed by atoms with Crippen LogP contribution in [-0.4, -0.2) is 43.3 Å². The average Bonchev–Trinajstić information content (AvgIpc) is 3.69. The monoisotopic (exact) mass is 538 g/mol. The molecule has 0 fully saturated rings. The number of aromatic amines is 1. The van der Waals surface area contributed by atoms with Gasteiger partial charge in [-0.1, -0.05) is 61.9 Å². The van der Waals surface area contributed by atoms with Gasteiger partial charge in [-0.25, -0.2) is 14.9 Å². The minimum Gasteiger partial charge on any atom is -0.467 e. The summed E-state index contributed by atoms with van der Waals surface area (Å²) in [6, 6.07) is 17.6. The number of aryl methyl sites for hydroxylation is 2. The molecular formula is C30H30N6O4. The number of tetrazole rings is 1. The minimum atomic E-state index is -0.511. The van der Waals surface area contributed by atoms with E-state index in [9.17, 15) is 9.59 Å². The fourth-order valence-corrected chi connectivity index (χ4v) is 4.79. The van der Waals surface area contributed by atoms with Gasteiger partial charge in [0.15, 0.2) is 5.82 Å². The normalized spacial score (nSPS) is 11.1. The number of nitrogens with one attached hydrogen (secondary N) is 1. The number of unbranched alkanes of at least 4 members (excludes halogenated alkanes) is 1. The number of ether oxygens (including phenoxy) is 1. The number of furan rings is 1. The molecule has 5 rings (SSSR count). The Morgan fingerprint density at radius 1 is 1.07 bits per heavy atom. The predicted octanol–water partition coefficient (Wildman–Crippen LogP) is 4.76. The quantitative estimate of drug-likeness (QED) is 0.252. The van der Waals surface area contributed by atoms with Gasteiger partial charge in [0, 0.05) is 17.5 Å². The van der Waals surface area contributed by atoms with Crippen molar-refractivity contribution in [3.63, 3.8) is 0 Å². The molecule has 1 N–H and O–H groups in total. The van der Waals surface area contributed by atoms with Gasteiger partial charge in [-0.3, -0.25) is 9.36 Å². The second-order valence-corrected chi connectivity index (χ2v) is 9.50. The maximum atomic E-state index is 13.9. The van der Waals surface area contributed by atoms with Crippen LogP contribution in [0.1, 0.15) is 58.5 Å². The Morgan fingerprint density at radius 3 is 2.55 bits per heavy atom. The van der Waals surface area contributed by atoms with Crippen LogP contribution in [0.3, 0.4) is 0 Å². The molecule has 10 heteroatoms. The van der Waals surface area contributed by atoms with Crippen LogP contribution in [-0.2, 0) is 24.1 Å². The zero-order valence-corrected chi connectivity index (χ0v) is 22.7. The van der Waals surface area contributed by atoms with E-state index in [4.69, 9.17) is 14.1 Å². The Labute approximate surface area is 231 Å². The number of aromatic nitrogens is 6. The molecule has 40 heavy (non-hydrogen) atoms. The molecule has 10 nitrogen and oxygen atoms in total. The number of methoxy groups -OCH3 is 1. The maximum absolute atomic E-state index is 13.9. The highest BCUT2D eigenvalue weighted by Gasteiger charge is 2.20. The van der Waals surface area contributed by atoms with Gasteiger partial charge in [0.05, 0.1) is 25.6 Å². The van der Waals surface area contributed by atoms with E-state index in [0.29, 0.717) is 41.4 Å². The van der Waals surface area contributed by atoms with Gasteiger partial charge in [-0.15, -0.1) is 5.10 Å². The highest BCUT2D eigenvalue weighted by molar-refractivity contribution is 5.90. The van der Waals surface area contributed by atoms with Crippen molar-refractivity contribution >= 4 is 5.97 Å². The minimum absolute atomic E-state index is 0.0857. The lowest BCUT2D eigenvalue weighted by molar-refractivity contribution is 0.0598. The molecule has 0 bridgehead atoms. The lowest BCUT2D eigenvalue weighted by atomic mass is 9.96. The Morgan fingerprint density at radius 2 is 1.85 bits per heavy atom. The van der Waals surface area contributed by atoms with E-state index in [-0.39, 0.29) is 12.1 Å². The molecule has 0 atom stereocenters. The molecule has 3 heterocycles. The zero-order chi connectivity index (χ0) is 28.1. The van der Waals surface area contributed by atoms with E-state index in [1.165, 1.54) is 13.4 Å². The molecule has 0 saturated carbocycles. The Kier molecular flexibility index (Phi) is 7.95. The summed E-state index contributed by atoms with van der Waals surface area (Å²) in [5.74, 6) is 1.01. The molecule has 204 valence electrons. The van der Waals surface area contributed by atoms with Crippen LogP contribution < -0.4 is 5.56 Å². The summed E-state index contributed by atoms with van der Waals surface area (Å²) in [6.07, 6.45) is 4.49. The first-order valence-corrected chi connectivity index (χ1v) is 13.2. The smallest absolute Gasteiger partial charge is 0.341 e. The van der Waals surface area contributed by atoms with E-state index >= 15 is 0 Å². The van der Waals surface area contributed by atoms with Crippen molar-refractivity contribution in [1.82, 2.24) is 30.2 Å². The van der Waals surface area contributed by atoms with Crippen molar-refractivity contribution < 1.29 is 13.9 Å². The summed E-state index contributed by atoms with van der Waals surface area (Å²) >= 11 is 0. The fraction of sp³-hybridized carbons (Fsp3) is 0.267. The molecule has 5 aromatic rings. The van der Waals surface area contributed by atoms with E-state index < -0.39 is 5.97 Å². The maximum Gasteiger partial charge on any atom is 0.341 e. The molecular weight excluding hydrogens is 508 g/mol. The van der Waals surface area contributed by atoms with Gasteiger partial charge in [-0.05, 0) is 52.9 Å². The summed E-state index contributed by atoms with van der Waals surface area (Å²) in [4.78, 5) is 30.9. The molecule has 0 amide bonds. The molecule has 3 aromatic heterocycles. The molecule has 0 radical (unpaired) electrons. The molecule has 0 aliphatic carbocycles. The van der Waals surface area contributed by atoms with Crippen LogP contribution >= 0.6 is 0 Å². The van der Waals surface area contributed by atoms with Crippen LogP contribution in [0.5, 0.6) is 0 Å². The van der Waals surface area contributed by atoms with Gasteiger partial charge in [-0.2, -0.15) is 0 Å². The second-order valence-electron chi connectivity index (χ2n) is 9.50. The second kappa shape index (κ2) is 11.9. The van der Waals surface area contributed by atoms with E-state index in [1.807, 2.05) is 48.5 Å². The van der Waals surface area contributed by atoms with Crippen molar-refractivity contribution in [1.29, 1.82) is 0 Å². The number of H-pyrrole nitrogens is 1. The number of carbonyl (C=O) groups excluding carboxylic acids is 1. The molecule has 0 saturated heterocycles. The van der Waals surface area contributed by atoms with Crippen LogP contribution in [0, 0.1) is 6.92 Å². The average molecular weight is 539 g/mol. The van der Waals surface area contributed by atoms with Crippen LogP contribution in [0.4, 0.5) is 0 Å². The SMILES string of the molecule is CCCCc1nc(C)n(Cc2occc2C(=O)OC)c(=O)c1Cc1ccc(-c2ccccc2-c2nnn[nH]2)cc1. The third-order valence-electron chi connectivity index (χ3n) is 6.93. The zero-order valence-electron chi connectivity index (χ0n) is 22.7. The lowest BCUT2D eigenvalue weighted by Gasteiger charge is -2.15. The first kappa shape index (κ1) is 26.7. The van der Waals surface area contributed by atoms with E-state index in [1.54, 1.807) is 17.6 Å². The van der Waals surface area contributed by atoms with Crippen molar-refractivity contribution in [2.45, 2.75) is 46.1 Å². The first-order chi connectivity index (χ1) is 19.5. The summed E-state index contributed by atoms with van der Waals surface area (Å²) in [6.45, 7) is 4.00. The van der Waals surface area contributed by atoms with Gasteiger partial charge in [0.25, 0.3) is 5.56 Å². The highest BCUT2D eigenvalue weighted by Crippen LogP contribution is 2.30. The first-order valence-electron chi connectivity index (χ1n) is 13.2. The van der Waals surface area contributed by atoms with Crippen LogP contribution in [0.25, 0.3) is 22.5 Å². The number of rotatable bonds is 10. The van der Waals surface area contributed by atoms with Crippen molar-refractivity contribution in [3.8, 4) is 22.5 Å². The standard InChI is InChI=1S/C30H30N6O4/c1-4-5-10-26-25(29(37)36(19(2)31-26)18-27-24(15-16-40-27)30(38)39-3)17-20-11-13-21(14-12-20)22-8-6-7-9-23(22)28-32-34-35-33-28/h6-9,11-16H,4-5,10,17-18H2,1-3H3,(H,32,33,34,35). The lowest BCUT2D eigenvalue weighted by Crippen LogP contribution is -2.30. The summed E-state index contributed by atoms with van der Waals surface area (Å²) in [7, 11) is 1.31. The molecule has 0 aliphatic rings. The van der Waals surface area contributed by atoms with Crippen LogP contribution in [0.2, 0.25) is 0 Å².